The standard InChI is InChI=1S/C13H22BrN3O2/c1-7-10(14)8(2)17(16-7)9(3)11(15)12(18)19-13(4,5)6/h9,11H,15H2,1-6H3. The predicted octanol–water partition coefficient (Wildman–Crippen LogP) is 2.49. The van der Waals surface area contributed by atoms with Crippen LogP contribution in [0.5, 0.6) is 0 Å². The number of aromatic nitrogens is 2. The number of carbonyl (C=O) groups excluding carboxylic acids is 1. The van der Waals surface area contributed by atoms with Gasteiger partial charge in [-0.1, -0.05) is 0 Å². The Kier molecular flexibility index (Phi) is 4.79. The number of halogens is 1. The molecule has 0 fully saturated rings. The van der Waals surface area contributed by atoms with Crippen LogP contribution in [0.3, 0.4) is 0 Å². The highest BCUT2D eigenvalue weighted by Crippen LogP contribution is 2.24. The fourth-order valence-corrected chi connectivity index (χ4v) is 2.02. The van der Waals surface area contributed by atoms with Crippen molar-refractivity contribution in [2.45, 2.75) is 59.2 Å². The molecular weight excluding hydrogens is 310 g/mol. The molecule has 0 aromatic carbocycles. The Morgan fingerprint density at radius 3 is 2.32 bits per heavy atom. The molecule has 1 heterocycles. The maximum absolute atomic E-state index is 12.0. The van der Waals surface area contributed by atoms with Crippen LogP contribution in [0.25, 0.3) is 0 Å². The van der Waals surface area contributed by atoms with Gasteiger partial charge in [0.2, 0.25) is 0 Å². The number of hydrogen-bond donors (Lipinski definition) is 1. The van der Waals surface area contributed by atoms with Crippen molar-refractivity contribution in [1.82, 2.24) is 9.78 Å². The van der Waals surface area contributed by atoms with Gasteiger partial charge in [0.15, 0.2) is 0 Å². The van der Waals surface area contributed by atoms with E-state index in [1.165, 1.54) is 0 Å². The van der Waals surface area contributed by atoms with Gasteiger partial charge in [-0.2, -0.15) is 5.10 Å². The Bertz CT molecular complexity index is 477. The molecule has 2 unspecified atom stereocenters. The van der Waals surface area contributed by atoms with Crippen molar-refractivity contribution in [3.8, 4) is 0 Å². The first-order valence-corrected chi connectivity index (χ1v) is 7.03. The molecule has 0 spiro atoms. The molecule has 1 aromatic rings. The van der Waals surface area contributed by atoms with E-state index in [2.05, 4.69) is 21.0 Å². The average Bonchev–Trinajstić information content (AvgIpc) is 2.53. The van der Waals surface area contributed by atoms with E-state index in [1.54, 1.807) is 4.68 Å². The van der Waals surface area contributed by atoms with E-state index in [4.69, 9.17) is 10.5 Å². The SMILES string of the molecule is Cc1nn(C(C)C(N)C(=O)OC(C)(C)C)c(C)c1Br. The van der Waals surface area contributed by atoms with Gasteiger partial charge in [0.1, 0.15) is 11.6 Å². The summed E-state index contributed by atoms with van der Waals surface area (Å²) in [5.74, 6) is -0.413. The zero-order chi connectivity index (χ0) is 15.0. The molecule has 0 aliphatic rings. The lowest BCUT2D eigenvalue weighted by Gasteiger charge is -2.25. The van der Waals surface area contributed by atoms with E-state index in [0.717, 1.165) is 15.9 Å². The molecule has 0 saturated carbocycles. The second kappa shape index (κ2) is 5.63. The van der Waals surface area contributed by atoms with Gasteiger partial charge in [-0.25, -0.2) is 0 Å². The van der Waals surface area contributed by atoms with Crippen LogP contribution in [0.15, 0.2) is 4.47 Å². The topological polar surface area (TPSA) is 70.1 Å². The van der Waals surface area contributed by atoms with Gasteiger partial charge in [-0.15, -0.1) is 0 Å². The number of esters is 1. The molecule has 19 heavy (non-hydrogen) atoms. The Labute approximate surface area is 122 Å². The lowest BCUT2D eigenvalue weighted by atomic mass is 10.1. The minimum absolute atomic E-state index is 0.264. The number of nitrogens with two attached hydrogens (primary N) is 1. The molecule has 108 valence electrons. The highest BCUT2D eigenvalue weighted by atomic mass is 79.9. The van der Waals surface area contributed by atoms with E-state index >= 15 is 0 Å². The summed E-state index contributed by atoms with van der Waals surface area (Å²) >= 11 is 3.46. The van der Waals surface area contributed by atoms with Crippen molar-refractivity contribution in [3.05, 3.63) is 15.9 Å². The minimum Gasteiger partial charge on any atom is -0.459 e. The predicted molar refractivity (Wildman–Crippen MR) is 77.9 cm³/mol. The largest absolute Gasteiger partial charge is 0.459 e. The van der Waals surface area contributed by atoms with Gasteiger partial charge in [-0.05, 0) is 57.5 Å². The van der Waals surface area contributed by atoms with Crippen LogP contribution in [0.2, 0.25) is 0 Å². The molecule has 0 aliphatic heterocycles. The van der Waals surface area contributed by atoms with Gasteiger partial charge >= 0.3 is 5.97 Å². The molecule has 0 aliphatic carbocycles. The summed E-state index contributed by atoms with van der Waals surface area (Å²) in [4.78, 5) is 12.0. The van der Waals surface area contributed by atoms with Crippen LogP contribution in [0.4, 0.5) is 0 Å². The van der Waals surface area contributed by atoms with Crippen LogP contribution in [0.1, 0.15) is 45.1 Å². The number of nitrogens with zero attached hydrogens (tertiary/aromatic N) is 2. The number of carbonyl (C=O) groups is 1. The van der Waals surface area contributed by atoms with E-state index < -0.39 is 17.6 Å². The van der Waals surface area contributed by atoms with Gasteiger partial charge in [-0.3, -0.25) is 9.48 Å². The maximum atomic E-state index is 12.0. The molecule has 6 heteroatoms. The summed E-state index contributed by atoms with van der Waals surface area (Å²) < 4.78 is 8.00. The van der Waals surface area contributed by atoms with E-state index in [0.29, 0.717) is 0 Å². The smallest absolute Gasteiger partial charge is 0.325 e. The van der Waals surface area contributed by atoms with Crippen molar-refractivity contribution in [2.75, 3.05) is 0 Å². The quantitative estimate of drug-likeness (QED) is 0.864. The summed E-state index contributed by atoms with van der Waals surface area (Å²) in [6.45, 7) is 11.2. The van der Waals surface area contributed by atoms with E-state index in [-0.39, 0.29) is 6.04 Å². The number of aryl methyl sites for hydroxylation is 1. The summed E-state index contributed by atoms with van der Waals surface area (Å²) in [6.07, 6.45) is 0. The number of rotatable bonds is 3. The van der Waals surface area contributed by atoms with E-state index in [9.17, 15) is 4.79 Å². The Morgan fingerprint density at radius 2 is 1.95 bits per heavy atom. The highest BCUT2D eigenvalue weighted by Gasteiger charge is 2.29. The zero-order valence-electron chi connectivity index (χ0n) is 12.3. The average molecular weight is 332 g/mol. The summed E-state index contributed by atoms with van der Waals surface area (Å²) in [6, 6.07) is -1.01. The van der Waals surface area contributed by atoms with Crippen LogP contribution >= 0.6 is 15.9 Å². The molecule has 2 atom stereocenters. The fourth-order valence-electron chi connectivity index (χ4n) is 1.76. The van der Waals surface area contributed by atoms with Gasteiger partial charge in [0, 0.05) is 0 Å². The molecule has 0 radical (unpaired) electrons. The van der Waals surface area contributed by atoms with Gasteiger partial charge in [0.25, 0.3) is 0 Å². The van der Waals surface area contributed by atoms with Crippen molar-refractivity contribution in [2.24, 2.45) is 5.73 Å². The van der Waals surface area contributed by atoms with Crippen molar-refractivity contribution >= 4 is 21.9 Å². The zero-order valence-corrected chi connectivity index (χ0v) is 13.9. The molecular formula is C13H22BrN3O2. The molecule has 0 bridgehead atoms. The monoisotopic (exact) mass is 331 g/mol. The number of ether oxygens (including phenoxy) is 1. The van der Waals surface area contributed by atoms with Gasteiger partial charge in [0.05, 0.1) is 21.9 Å². The van der Waals surface area contributed by atoms with Crippen LogP contribution in [0, 0.1) is 13.8 Å². The van der Waals surface area contributed by atoms with Crippen molar-refractivity contribution < 1.29 is 9.53 Å². The first-order valence-electron chi connectivity index (χ1n) is 6.24. The Hall–Kier alpha value is -0.880. The summed E-state index contributed by atoms with van der Waals surface area (Å²) in [5, 5.41) is 4.39. The second-order valence-corrected chi connectivity index (χ2v) is 6.52. The second-order valence-electron chi connectivity index (χ2n) is 5.73. The first kappa shape index (κ1) is 16.2. The third-order valence-electron chi connectivity index (χ3n) is 2.82. The Balaban J connectivity index is 2.90. The molecule has 1 rings (SSSR count). The third kappa shape index (κ3) is 3.79. The fraction of sp³-hybridized carbons (Fsp3) is 0.692. The number of hydrogen-bond acceptors (Lipinski definition) is 4. The lowest BCUT2D eigenvalue weighted by Crippen LogP contribution is -2.43. The van der Waals surface area contributed by atoms with Crippen LogP contribution < -0.4 is 5.73 Å². The summed E-state index contributed by atoms with van der Waals surface area (Å²) in [7, 11) is 0. The van der Waals surface area contributed by atoms with Gasteiger partial charge < -0.3 is 10.5 Å². The molecule has 0 saturated heterocycles. The third-order valence-corrected chi connectivity index (χ3v) is 3.97. The molecule has 2 N–H and O–H groups in total. The highest BCUT2D eigenvalue weighted by molar-refractivity contribution is 9.10. The molecule has 1 aromatic heterocycles. The normalized spacial score (nSPS) is 15.2. The van der Waals surface area contributed by atoms with Crippen molar-refractivity contribution in [1.29, 1.82) is 0 Å². The molecule has 0 amide bonds. The van der Waals surface area contributed by atoms with E-state index in [1.807, 2.05) is 41.5 Å². The summed E-state index contributed by atoms with van der Waals surface area (Å²) in [5.41, 5.74) is 7.26. The first-order chi connectivity index (χ1) is 8.54. The lowest BCUT2D eigenvalue weighted by molar-refractivity contribution is -0.157. The van der Waals surface area contributed by atoms with Crippen LogP contribution in [-0.2, 0) is 9.53 Å². The minimum atomic E-state index is -0.746. The van der Waals surface area contributed by atoms with Crippen LogP contribution in [-0.4, -0.2) is 27.4 Å². The van der Waals surface area contributed by atoms with Crippen molar-refractivity contribution in [3.63, 3.8) is 0 Å². The Morgan fingerprint density at radius 1 is 1.42 bits per heavy atom. The molecule has 5 nitrogen and oxygen atoms in total. The maximum Gasteiger partial charge on any atom is 0.325 e.